The smallest absolute Gasteiger partial charge is 0.224 e. The number of carbonyl (C=O) groups is 1. The average molecular weight is 316 g/mol. The third-order valence-electron chi connectivity index (χ3n) is 5.30. The van der Waals surface area contributed by atoms with Crippen molar-refractivity contribution in [2.45, 2.75) is 50.6 Å². The van der Waals surface area contributed by atoms with Crippen molar-refractivity contribution < 1.29 is 9.53 Å². The molecule has 1 heterocycles. The second kappa shape index (κ2) is 7.45. The van der Waals surface area contributed by atoms with Crippen LogP contribution in [-0.4, -0.2) is 49.7 Å². The van der Waals surface area contributed by atoms with Gasteiger partial charge < -0.3 is 15.0 Å². The lowest BCUT2D eigenvalue weighted by Gasteiger charge is -2.32. The quantitative estimate of drug-likeness (QED) is 0.928. The van der Waals surface area contributed by atoms with Gasteiger partial charge in [-0.15, -0.1) is 0 Å². The summed E-state index contributed by atoms with van der Waals surface area (Å²) in [7, 11) is 1.98. The lowest BCUT2D eigenvalue weighted by Crippen LogP contribution is -2.46. The highest BCUT2D eigenvalue weighted by atomic mass is 16.5. The Kier molecular flexibility index (Phi) is 5.34. The third kappa shape index (κ3) is 3.93. The van der Waals surface area contributed by atoms with Gasteiger partial charge in [0.05, 0.1) is 13.2 Å². The molecule has 1 N–H and O–H groups in total. The number of nitrogens with one attached hydrogen (secondary N) is 1. The van der Waals surface area contributed by atoms with Gasteiger partial charge in [-0.1, -0.05) is 36.2 Å². The Morgan fingerprint density at radius 3 is 2.78 bits per heavy atom. The van der Waals surface area contributed by atoms with Gasteiger partial charge in [0.25, 0.3) is 0 Å². The fraction of sp³-hybridized carbons (Fsp3) is 0.632. The predicted molar refractivity (Wildman–Crippen MR) is 91.6 cm³/mol. The van der Waals surface area contributed by atoms with Crippen LogP contribution in [0, 0.1) is 6.92 Å². The molecule has 2 fully saturated rings. The zero-order valence-corrected chi connectivity index (χ0v) is 14.3. The van der Waals surface area contributed by atoms with Crippen LogP contribution < -0.4 is 5.32 Å². The van der Waals surface area contributed by atoms with E-state index in [1.54, 1.807) is 0 Å². The Hall–Kier alpha value is -1.39. The summed E-state index contributed by atoms with van der Waals surface area (Å²) in [6.45, 7) is 4.35. The maximum atomic E-state index is 12.7. The molecule has 0 radical (unpaired) electrons. The van der Waals surface area contributed by atoms with Crippen LogP contribution in [0.4, 0.5) is 0 Å². The van der Waals surface area contributed by atoms with Crippen LogP contribution in [0.25, 0.3) is 0 Å². The number of carbonyl (C=O) groups excluding carboxylic acids is 1. The van der Waals surface area contributed by atoms with Crippen molar-refractivity contribution in [1.29, 1.82) is 0 Å². The van der Waals surface area contributed by atoms with E-state index in [1.807, 2.05) is 11.9 Å². The summed E-state index contributed by atoms with van der Waals surface area (Å²) < 4.78 is 5.46. The van der Waals surface area contributed by atoms with Gasteiger partial charge in [0.2, 0.25) is 5.91 Å². The molecule has 3 unspecified atom stereocenters. The number of ether oxygens (including phenoxy) is 1. The molecule has 0 aromatic heterocycles. The first-order chi connectivity index (χ1) is 11.1. The zero-order chi connectivity index (χ0) is 16.2. The first-order valence-electron chi connectivity index (χ1n) is 8.78. The van der Waals surface area contributed by atoms with Crippen molar-refractivity contribution in [3.05, 3.63) is 35.4 Å². The van der Waals surface area contributed by atoms with E-state index >= 15 is 0 Å². The lowest BCUT2D eigenvalue weighted by atomic mass is 9.92. The Bertz CT molecular complexity index is 523. The summed E-state index contributed by atoms with van der Waals surface area (Å²) >= 11 is 0. The summed E-state index contributed by atoms with van der Waals surface area (Å²) in [6.07, 6.45) is 4.02. The SMILES string of the molecule is Cc1ccc(C2CCCC2N(C)C(=O)CC2COCCN2)cc1. The molecule has 3 atom stereocenters. The predicted octanol–water partition coefficient (Wildman–Crippen LogP) is 2.47. The highest BCUT2D eigenvalue weighted by Gasteiger charge is 2.34. The van der Waals surface area contributed by atoms with Gasteiger partial charge in [0, 0.05) is 38.0 Å². The molecule has 1 aromatic carbocycles. The molecule has 4 nitrogen and oxygen atoms in total. The molecule has 4 heteroatoms. The molecular formula is C19H28N2O2. The molecule has 1 aromatic rings. The summed E-state index contributed by atoms with van der Waals surface area (Å²) in [5, 5.41) is 3.37. The lowest BCUT2D eigenvalue weighted by molar-refractivity contribution is -0.133. The van der Waals surface area contributed by atoms with Crippen molar-refractivity contribution in [3.63, 3.8) is 0 Å². The number of benzene rings is 1. The highest BCUT2D eigenvalue weighted by molar-refractivity contribution is 5.77. The molecule has 0 bridgehead atoms. The van der Waals surface area contributed by atoms with Gasteiger partial charge in [0.1, 0.15) is 0 Å². The molecular weight excluding hydrogens is 288 g/mol. The standard InChI is InChI=1S/C19H28N2O2/c1-14-6-8-15(9-7-14)17-4-3-5-18(17)21(2)19(22)12-16-13-23-11-10-20-16/h6-9,16-18,20H,3-5,10-13H2,1-2H3. The van der Waals surface area contributed by atoms with Crippen LogP contribution in [-0.2, 0) is 9.53 Å². The molecule has 1 saturated carbocycles. The zero-order valence-electron chi connectivity index (χ0n) is 14.3. The van der Waals surface area contributed by atoms with E-state index in [0.29, 0.717) is 25.0 Å². The summed E-state index contributed by atoms with van der Waals surface area (Å²) in [5.41, 5.74) is 2.66. The second-order valence-electron chi connectivity index (χ2n) is 6.95. The van der Waals surface area contributed by atoms with Crippen LogP contribution in [0.5, 0.6) is 0 Å². The van der Waals surface area contributed by atoms with Gasteiger partial charge in [-0.2, -0.15) is 0 Å². The van der Waals surface area contributed by atoms with Crippen molar-refractivity contribution in [3.8, 4) is 0 Å². The van der Waals surface area contributed by atoms with Crippen molar-refractivity contribution in [2.75, 3.05) is 26.8 Å². The van der Waals surface area contributed by atoms with E-state index < -0.39 is 0 Å². The second-order valence-corrected chi connectivity index (χ2v) is 6.95. The topological polar surface area (TPSA) is 41.6 Å². The molecule has 126 valence electrons. The summed E-state index contributed by atoms with van der Waals surface area (Å²) in [5.74, 6) is 0.706. The molecule has 3 rings (SSSR count). The first-order valence-corrected chi connectivity index (χ1v) is 8.78. The van der Waals surface area contributed by atoms with Crippen LogP contribution in [0.1, 0.15) is 42.7 Å². The molecule has 1 amide bonds. The molecule has 2 aliphatic rings. The Morgan fingerprint density at radius 2 is 2.09 bits per heavy atom. The van der Waals surface area contributed by atoms with E-state index in [4.69, 9.17) is 4.74 Å². The number of aryl methyl sites for hydroxylation is 1. The largest absolute Gasteiger partial charge is 0.378 e. The number of morpholine rings is 1. The Labute approximate surface area is 139 Å². The van der Waals surface area contributed by atoms with E-state index in [-0.39, 0.29) is 11.9 Å². The molecule has 0 spiro atoms. The van der Waals surface area contributed by atoms with Gasteiger partial charge in [-0.05, 0) is 25.3 Å². The minimum Gasteiger partial charge on any atom is -0.378 e. The molecule has 1 aliphatic carbocycles. The van der Waals surface area contributed by atoms with Crippen LogP contribution >= 0.6 is 0 Å². The Morgan fingerprint density at radius 1 is 1.30 bits per heavy atom. The molecule has 23 heavy (non-hydrogen) atoms. The van der Waals surface area contributed by atoms with Gasteiger partial charge in [-0.3, -0.25) is 4.79 Å². The van der Waals surface area contributed by atoms with Crippen molar-refractivity contribution in [2.24, 2.45) is 0 Å². The Balaban J connectivity index is 1.63. The fourth-order valence-electron chi connectivity index (χ4n) is 3.90. The fourth-order valence-corrected chi connectivity index (χ4v) is 3.90. The number of nitrogens with zero attached hydrogens (tertiary/aromatic N) is 1. The monoisotopic (exact) mass is 316 g/mol. The average Bonchev–Trinajstić information content (AvgIpc) is 3.05. The van der Waals surface area contributed by atoms with Crippen LogP contribution in [0.2, 0.25) is 0 Å². The van der Waals surface area contributed by atoms with E-state index in [2.05, 4.69) is 36.5 Å². The van der Waals surface area contributed by atoms with E-state index in [9.17, 15) is 4.79 Å². The van der Waals surface area contributed by atoms with E-state index in [0.717, 1.165) is 19.6 Å². The first kappa shape index (κ1) is 16.5. The van der Waals surface area contributed by atoms with Gasteiger partial charge in [-0.25, -0.2) is 0 Å². The number of hydrogen-bond acceptors (Lipinski definition) is 3. The minimum atomic E-state index is 0.165. The number of rotatable bonds is 4. The van der Waals surface area contributed by atoms with Crippen LogP contribution in [0.3, 0.4) is 0 Å². The highest BCUT2D eigenvalue weighted by Crippen LogP contribution is 2.37. The van der Waals surface area contributed by atoms with E-state index in [1.165, 1.54) is 24.0 Å². The van der Waals surface area contributed by atoms with Crippen molar-refractivity contribution >= 4 is 5.91 Å². The number of hydrogen-bond donors (Lipinski definition) is 1. The maximum absolute atomic E-state index is 12.7. The molecule has 1 saturated heterocycles. The summed E-state index contributed by atoms with van der Waals surface area (Å²) in [4.78, 5) is 14.7. The molecule has 1 aliphatic heterocycles. The normalized spacial score (nSPS) is 27.8. The van der Waals surface area contributed by atoms with Crippen LogP contribution in [0.15, 0.2) is 24.3 Å². The van der Waals surface area contributed by atoms with Gasteiger partial charge >= 0.3 is 0 Å². The van der Waals surface area contributed by atoms with Crippen molar-refractivity contribution in [1.82, 2.24) is 10.2 Å². The summed E-state index contributed by atoms with van der Waals surface area (Å²) in [6, 6.07) is 9.30. The number of likely N-dealkylation sites (N-methyl/N-ethyl adjacent to an activating group) is 1. The minimum absolute atomic E-state index is 0.165. The number of amides is 1. The third-order valence-corrected chi connectivity index (χ3v) is 5.30. The maximum Gasteiger partial charge on any atom is 0.224 e. The van der Waals surface area contributed by atoms with Gasteiger partial charge in [0.15, 0.2) is 0 Å².